The Morgan fingerprint density at radius 1 is 1.16 bits per heavy atom. The van der Waals surface area contributed by atoms with E-state index in [4.69, 9.17) is 10.5 Å². The second kappa shape index (κ2) is 8.37. The predicted molar refractivity (Wildman–Crippen MR) is 114 cm³/mol. The molecule has 32 heavy (non-hydrogen) atoms. The number of rotatable bonds is 5. The topological polar surface area (TPSA) is 93.4 Å². The van der Waals surface area contributed by atoms with Crippen LogP contribution in [0.3, 0.4) is 0 Å². The van der Waals surface area contributed by atoms with E-state index in [1.54, 1.807) is 6.07 Å². The maximum Gasteiger partial charge on any atom is 0.251 e. The fourth-order valence-electron chi connectivity index (χ4n) is 3.53. The number of primary amides is 1. The molecule has 2 heterocycles. The number of halogens is 3. The van der Waals surface area contributed by atoms with E-state index in [0.29, 0.717) is 18.8 Å². The van der Waals surface area contributed by atoms with Gasteiger partial charge in [-0.3, -0.25) is 4.79 Å². The monoisotopic (exact) mass is 443 g/mol. The summed E-state index contributed by atoms with van der Waals surface area (Å²) >= 11 is 0. The van der Waals surface area contributed by atoms with Crippen LogP contribution in [0.1, 0.15) is 24.2 Å². The number of ether oxygens (including phenoxy) is 1. The summed E-state index contributed by atoms with van der Waals surface area (Å²) in [5.41, 5.74) is 5.64. The van der Waals surface area contributed by atoms with Crippen LogP contribution >= 0.6 is 0 Å². The molecule has 0 atom stereocenters. The van der Waals surface area contributed by atoms with Crippen LogP contribution < -0.4 is 20.7 Å². The van der Waals surface area contributed by atoms with Gasteiger partial charge in [0.15, 0.2) is 17.4 Å². The third-order valence-corrected chi connectivity index (χ3v) is 5.04. The van der Waals surface area contributed by atoms with Crippen molar-refractivity contribution in [3.8, 4) is 17.0 Å². The smallest absolute Gasteiger partial charge is 0.251 e. The Bertz CT molecular complexity index is 1200. The van der Waals surface area contributed by atoms with Crippen LogP contribution in [0.2, 0.25) is 0 Å². The van der Waals surface area contributed by atoms with Gasteiger partial charge in [0, 0.05) is 17.3 Å². The molecule has 3 N–H and O–H groups in total. The van der Waals surface area contributed by atoms with Crippen molar-refractivity contribution in [2.75, 3.05) is 23.4 Å². The lowest BCUT2D eigenvalue weighted by atomic mass is 10.1. The van der Waals surface area contributed by atoms with E-state index < -0.39 is 23.4 Å². The van der Waals surface area contributed by atoms with Gasteiger partial charge in [-0.2, -0.15) is 0 Å². The van der Waals surface area contributed by atoms with Crippen LogP contribution in [0.4, 0.5) is 30.5 Å². The Hall–Kier alpha value is -3.82. The number of fused-ring (bicyclic) bond motifs is 1. The number of aromatic nitrogens is 2. The minimum absolute atomic E-state index is 0.0391. The number of carbonyl (C=O) groups excluding carboxylic acids is 1. The first kappa shape index (κ1) is 21.4. The summed E-state index contributed by atoms with van der Waals surface area (Å²) in [7, 11) is 0. The molecule has 10 heteroatoms. The third-order valence-electron chi connectivity index (χ3n) is 5.04. The molecule has 7 nitrogen and oxygen atoms in total. The Balaban J connectivity index is 1.71. The average Bonchev–Trinajstić information content (AvgIpc) is 2.74. The standard InChI is InChI=1S/C22H20F3N5O2/c1-11(2)30-5-6-32-20-16(24)7-12(8-18(20)30)19-17(25)10-27-22(29-19)28-13-3-4-14(21(26)31)15(23)9-13/h3-4,7-11H,5-6H2,1-2H3,(H2,26,31)(H,27,28,29). The highest BCUT2D eigenvalue weighted by Gasteiger charge is 2.25. The number of hydrogen-bond acceptors (Lipinski definition) is 6. The van der Waals surface area contributed by atoms with Crippen LogP contribution in [0.15, 0.2) is 36.5 Å². The number of nitrogens with one attached hydrogen (secondary N) is 1. The highest BCUT2D eigenvalue weighted by Crippen LogP contribution is 2.39. The van der Waals surface area contributed by atoms with Crippen molar-refractivity contribution in [2.45, 2.75) is 19.9 Å². The maximum absolute atomic E-state index is 14.8. The molecular formula is C22H20F3N5O2. The number of nitrogens with zero attached hydrogens (tertiary/aromatic N) is 3. The van der Waals surface area contributed by atoms with Gasteiger partial charge in [-0.15, -0.1) is 0 Å². The summed E-state index contributed by atoms with van der Waals surface area (Å²) in [5, 5.41) is 2.74. The molecule has 1 aliphatic heterocycles. The maximum atomic E-state index is 14.8. The van der Waals surface area contributed by atoms with Crippen molar-refractivity contribution in [3.63, 3.8) is 0 Å². The molecule has 0 aliphatic carbocycles. The Kier molecular flexibility index (Phi) is 5.60. The van der Waals surface area contributed by atoms with Crippen LogP contribution in [-0.4, -0.2) is 35.1 Å². The van der Waals surface area contributed by atoms with E-state index in [1.165, 1.54) is 12.1 Å². The zero-order chi connectivity index (χ0) is 23.0. The normalized spacial score (nSPS) is 13.0. The van der Waals surface area contributed by atoms with Gasteiger partial charge >= 0.3 is 0 Å². The molecule has 0 fully saturated rings. The van der Waals surface area contributed by atoms with Crippen molar-refractivity contribution < 1.29 is 22.7 Å². The molecule has 1 amide bonds. The number of benzene rings is 2. The largest absolute Gasteiger partial charge is 0.486 e. The molecule has 0 bridgehead atoms. The van der Waals surface area contributed by atoms with Gasteiger partial charge in [0.1, 0.15) is 18.1 Å². The van der Waals surface area contributed by atoms with E-state index in [2.05, 4.69) is 15.3 Å². The first-order valence-corrected chi connectivity index (χ1v) is 9.87. The second-order valence-corrected chi connectivity index (χ2v) is 7.52. The van der Waals surface area contributed by atoms with Gasteiger partial charge < -0.3 is 20.7 Å². The van der Waals surface area contributed by atoms with E-state index in [1.807, 2.05) is 18.7 Å². The fourth-order valence-corrected chi connectivity index (χ4v) is 3.53. The van der Waals surface area contributed by atoms with Crippen molar-refractivity contribution in [2.24, 2.45) is 5.73 Å². The lowest BCUT2D eigenvalue weighted by Gasteiger charge is -2.34. The summed E-state index contributed by atoms with van der Waals surface area (Å²) in [5.74, 6) is -3.02. The summed E-state index contributed by atoms with van der Waals surface area (Å²) < 4.78 is 48.8. The van der Waals surface area contributed by atoms with Crippen LogP contribution in [-0.2, 0) is 0 Å². The van der Waals surface area contributed by atoms with Crippen LogP contribution in [0, 0.1) is 17.5 Å². The Morgan fingerprint density at radius 3 is 2.62 bits per heavy atom. The summed E-state index contributed by atoms with van der Waals surface area (Å²) in [6, 6.07) is 6.52. The van der Waals surface area contributed by atoms with Gasteiger partial charge in [0.25, 0.3) is 5.91 Å². The van der Waals surface area contributed by atoms with Crippen molar-refractivity contribution in [1.29, 1.82) is 0 Å². The van der Waals surface area contributed by atoms with E-state index in [9.17, 15) is 18.0 Å². The van der Waals surface area contributed by atoms with Gasteiger partial charge in [-0.05, 0) is 44.2 Å². The molecule has 0 unspecified atom stereocenters. The van der Waals surface area contributed by atoms with Crippen molar-refractivity contribution in [1.82, 2.24) is 9.97 Å². The molecule has 0 saturated carbocycles. The van der Waals surface area contributed by atoms with E-state index in [-0.39, 0.29) is 40.2 Å². The minimum Gasteiger partial charge on any atom is -0.486 e. The second-order valence-electron chi connectivity index (χ2n) is 7.52. The molecule has 166 valence electrons. The summed E-state index contributed by atoms with van der Waals surface area (Å²) in [6.45, 7) is 4.85. The molecule has 0 radical (unpaired) electrons. The number of anilines is 3. The fraction of sp³-hybridized carbons (Fsp3) is 0.227. The quantitative estimate of drug-likeness (QED) is 0.619. The van der Waals surface area contributed by atoms with Crippen LogP contribution in [0.25, 0.3) is 11.3 Å². The molecule has 4 rings (SSSR count). The first-order valence-electron chi connectivity index (χ1n) is 9.87. The zero-order valence-electron chi connectivity index (χ0n) is 17.3. The molecular weight excluding hydrogens is 423 g/mol. The van der Waals surface area contributed by atoms with Crippen molar-refractivity contribution >= 4 is 23.2 Å². The lowest BCUT2D eigenvalue weighted by molar-refractivity contribution is 0.0996. The van der Waals surface area contributed by atoms with E-state index >= 15 is 0 Å². The van der Waals surface area contributed by atoms with Gasteiger partial charge in [-0.25, -0.2) is 23.1 Å². The van der Waals surface area contributed by atoms with E-state index in [0.717, 1.165) is 18.3 Å². The SMILES string of the molecule is CC(C)N1CCOc2c(F)cc(-c3nc(Nc4ccc(C(N)=O)c(F)c4)ncc3F)cc21. The van der Waals surface area contributed by atoms with Gasteiger partial charge in [0.05, 0.1) is 24.0 Å². The zero-order valence-corrected chi connectivity index (χ0v) is 17.3. The molecule has 0 saturated heterocycles. The number of hydrogen-bond donors (Lipinski definition) is 2. The van der Waals surface area contributed by atoms with Gasteiger partial charge in [-0.1, -0.05) is 0 Å². The highest BCUT2D eigenvalue weighted by molar-refractivity contribution is 5.93. The summed E-state index contributed by atoms with van der Waals surface area (Å²) in [6.07, 6.45) is 0.937. The highest BCUT2D eigenvalue weighted by atomic mass is 19.1. The average molecular weight is 443 g/mol. The minimum atomic E-state index is -0.900. The number of nitrogens with two attached hydrogens (primary N) is 1. The Labute approximate surface area is 182 Å². The first-order chi connectivity index (χ1) is 15.2. The number of carbonyl (C=O) groups is 1. The van der Waals surface area contributed by atoms with Crippen LogP contribution in [0.5, 0.6) is 5.75 Å². The molecule has 3 aromatic rings. The van der Waals surface area contributed by atoms with Gasteiger partial charge in [0.2, 0.25) is 5.95 Å². The summed E-state index contributed by atoms with van der Waals surface area (Å²) in [4.78, 5) is 21.2. The molecule has 2 aromatic carbocycles. The third kappa shape index (κ3) is 4.03. The molecule has 0 spiro atoms. The Morgan fingerprint density at radius 2 is 1.94 bits per heavy atom. The van der Waals surface area contributed by atoms with Crippen molar-refractivity contribution in [3.05, 3.63) is 59.5 Å². The lowest BCUT2D eigenvalue weighted by Crippen LogP contribution is -2.38. The predicted octanol–water partition coefficient (Wildman–Crippen LogP) is 4.01. The molecule has 1 aromatic heterocycles. The number of amides is 1. The molecule has 1 aliphatic rings.